The quantitative estimate of drug-likeness (QED) is 0.808. The maximum absolute atomic E-state index is 14.3. The van der Waals surface area contributed by atoms with Crippen molar-refractivity contribution in [2.45, 2.75) is 25.6 Å². The number of carbonyl (C=O) groups is 2. The summed E-state index contributed by atoms with van der Waals surface area (Å²) in [4.78, 5) is 29.4. The Morgan fingerprint density at radius 1 is 1.21 bits per heavy atom. The predicted molar refractivity (Wildman–Crippen MR) is 83.1 cm³/mol. The fourth-order valence-corrected chi connectivity index (χ4v) is 3.32. The highest BCUT2D eigenvalue weighted by Crippen LogP contribution is 2.39. The van der Waals surface area contributed by atoms with Crippen LogP contribution in [0.1, 0.15) is 47.6 Å². The first-order chi connectivity index (χ1) is 11.5. The molecule has 1 aromatic heterocycles. The second-order valence-electron chi connectivity index (χ2n) is 6.35. The average Bonchev–Trinajstić information content (AvgIpc) is 3.07. The molecule has 1 fully saturated rings. The third-order valence-electron chi connectivity index (χ3n) is 4.77. The molecule has 4 rings (SSSR count). The van der Waals surface area contributed by atoms with Gasteiger partial charge in [0, 0.05) is 26.4 Å². The van der Waals surface area contributed by atoms with E-state index in [1.54, 1.807) is 4.90 Å². The molecule has 7 heteroatoms. The summed E-state index contributed by atoms with van der Waals surface area (Å²) in [6.45, 7) is 2.25. The van der Waals surface area contributed by atoms with E-state index in [-0.39, 0.29) is 41.7 Å². The lowest BCUT2D eigenvalue weighted by Gasteiger charge is -2.36. The molecular weight excluding hydrogens is 311 g/mol. The molecule has 1 amide bonds. The van der Waals surface area contributed by atoms with Gasteiger partial charge >= 0.3 is 0 Å². The highest BCUT2D eigenvalue weighted by molar-refractivity contribution is 5.96. The van der Waals surface area contributed by atoms with Crippen molar-refractivity contribution in [3.8, 4) is 0 Å². The average molecular weight is 328 g/mol. The van der Waals surface area contributed by atoms with Crippen LogP contribution in [0.15, 0.2) is 30.3 Å². The van der Waals surface area contributed by atoms with Crippen molar-refractivity contribution < 1.29 is 14.0 Å². The molecule has 6 nitrogen and oxygen atoms in total. The lowest BCUT2D eigenvalue weighted by molar-refractivity contribution is -0.133. The summed E-state index contributed by atoms with van der Waals surface area (Å²) < 4.78 is 15.8. The zero-order valence-corrected chi connectivity index (χ0v) is 13.2. The van der Waals surface area contributed by atoms with Crippen molar-refractivity contribution in [3.05, 3.63) is 47.5 Å². The number of amides is 1. The van der Waals surface area contributed by atoms with Gasteiger partial charge in [0.2, 0.25) is 17.5 Å². The van der Waals surface area contributed by atoms with E-state index in [0.717, 1.165) is 5.56 Å². The van der Waals surface area contributed by atoms with Crippen molar-refractivity contribution in [2.24, 2.45) is 5.92 Å². The molecular formula is C17H17FN4O2. The van der Waals surface area contributed by atoms with E-state index in [0.29, 0.717) is 13.1 Å². The smallest absolute Gasteiger partial charge is 0.219 e. The van der Waals surface area contributed by atoms with Crippen LogP contribution in [-0.2, 0) is 4.79 Å². The summed E-state index contributed by atoms with van der Waals surface area (Å²) in [5, 5.41) is 4.28. The number of alkyl halides is 1. The van der Waals surface area contributed by atoms with E-state index in [2.05, 4.69) is 10.1 Å². The second-order valence-corrected chi connectivity index (χ2v) is 6.35. The van der Waals surface area contributed by atoms with Gasteiger partial charge in [0.15, 0.2) is 12.0 Å². The van der Waals surface area contributed by atoms with Crippen LogP contribution in [-0.4, -0.2) is 44.4 Å². The van der Waals surface area contributed by atoms with Crippen molar-refractivity contribution >= 4 is 11.7 Å². The molecule has 24 heavy (non-hydrogen) atoms. The number of fused-ring (bicyclic) bond motifs is 1. The Morgan fingerprint density at radius 3 is 2.58 bits per heavy atom. The zero-order chi connectivity index (χ0) is 16.8. The molecule has 3 heterocycles. The Morgan fingerprint density at radius 2 is 1.92 bits per heavy atom. The summed E-state index contributed by atoms with van der Waals surface area (Å²) in [6, 6.07) is 9.31. The minimum Gasteiger partial charge on any atom is -0.341 e. The molecule has 0 N–H and O–H groups in total. The summed E-state index contributed by atoms with van der Waals surface area (Å²) in [7, 11) is 0. The van der Waals surface area contributed by atoms with Crippen LogP contribution in [0.25, 0.3) is 0 Å². The topological polar surface area (TPSA) is 68.1 Å². The number of nitrogens with zero attached hydrogens (tertiary/aromatic N) is 4. The standard InChI is InChI=1S/C17H17FN4O2/c1-10(23)21-8-12(9-21)15(24)16-19-17-13(18)7-14(22(17)20-16)11-5-3-2-4-6-11/h2-6,12-14H,7-9H2,1H3. The number of hydrogen-bond donors (Lipinski definition) is 0. The monoisotopic (exact) mass is 328 g/mol. The first-order valence-corrected chi connectivity index (χ1v) is 7.99. The van der Waals surface area contributed by atoms with Gasteiger partial charge in [0.25, 0.3) is 0 Å². The Labute approximate surface area is 138 Å². The van der Waals surface area contributed by atoms with Crippen LogP contribution < -0.4 is 0 Å². The molecule has 0 radical (unpaired) electrons. The number of hydrogen-bond acceptors (Lipinski definition) is 4. The maximum Gasteiger partial charge on any atom is 0.219 e. The molecule has 2 aromatic rings. The Kier molecular flexibility index (Phi) is 3.44. The Bertz CT molecular complexity index is 798. The van der Waals surface area contributed by atoms with Crippen LogP contribution in [0.2, 0.25) is 0 Å². The summed E-state index contributed by atoms with van der Waals surface area (Å²) in [5.41, 5.74) is 0.953. The molecule has 2 unspecified atom stereocenters. The number of aromatic nitrogens is 3. The van der Waals surface area contributed by atoms with Crippen molar-refractivity contribution in [3.63, 3.8) is 0 Å². The van der Waals surface area contributed by atoms with Gasteiger partial charge in [-0.3, -0.25) is 9.59 Å². The number of benzene rings is 1. The summed E-state index contributed by atoms with van der Waals surface area (Å²) in [5.74, 6) is -0.276. The molecule has 1 aromatic carbocycles. The molecule has 0 bridgehead atoms. The van der Waals surface area contributed by atoms with Gasteiger partial charge in [-0.15, -0.1) is 5.10 Å². The fourth-order valence-electron chi connectivity index (χ4n) is 3.32. The fraction of sp³-hybridized carbons (Fsp3) is 0.412. The third-order valence-corrected chi connectivity index (χ3v) is 4.77. The number of ketones is 1. The van der Waals surface area contributed by atoms with Crippen LogP contribution in [0.5, 0.6) is 0 Å². The molecule has 1 saturated heterocycles. The van der Waals surface area contributed by atoms with Gasteiger partial charge in [0.1, 0.15) is 0 Å². The minimum atomic E-state index is -1.22. The van der Waals surface area contributed by atoms with Gasteiger partial charge in [-0.1, -0.05) is 30.3 Å². The molecule has 0 aliphatic carbocycles. The van der Waals surface area contributed by atoms with E-state index in [4.69, 9.17) is 0 Å². The highest BCUT2D eigenvalue weighted by atomic mass is 19.1. The van der Waals surface area contributed by atoms with Gasteiger partial charge in [-0.2, -0.15) is 0 Å². The Hall–Kier alpha value is -2.57. The van der Waals surface area contributed by atoms with E-state index in [1.165, 1.54) is 11.6 Å². The highest BCUT2D eigenvalue weighted by Gasteiger charge is 2.40. The van der Waals surface area contributed by atoms with E-state index >= 15 is 0 Å². The van der Waals surface area contributed by atoms with Crippen molar-refractivity contribution in [1.29, 1.82) is 0 Å². The van der Waals surface area contributed by atoms with E-state index in [9.17, 15) is 14.0 Å². The lowest BCUT2D eigenvalue weighted by Crippen LogP contribution is -2.52. The minimum absolute atomic E-state index is 0.0488. The molecule has 2 atom stereocenters. The van der Waals surface area contributed by atoms with E-state index in [1.807, 2.05) is 30.3 Å². The molecule has 2 aliphatic rings. The van der Waals surface area contributed by atoms with Crippen LogP contribution in [0.4, 0.5) is 4.39 Å². The number of rotatable bonds is 3. The maximum atomic E-state index is 14.3. The summed E-state index contributed by atoms with van der Waals surface area (Å²) in [6.07, 6.45) is -0.936. The summed E-state index contributed by atoms with van der Waals surface area (Å²) >= 11 is 0. The van der Waals surface area contributed by atoms with Gasteiger partial charge in [0.05, 0.1) is 12.0 Å². The number of halogens is 1. The largest absolute Gasteiger partial charge is 0.341 e. The third kappa shape index (κ3) is 2.31. The normalized spacial score (nSPS) is 23.0. The molecule has 124 valence electrons. The van der Waals surface area contributed by atoms with Gasteiger partial charge in [-0.05, 0) is 5.56 Å². The van der Waals surface area contributed by atoms with Gasteiger partial charge in [-0.25, -0.2) is 14.1 Å². The number of likely N-dealkylation sites (tertiary alicyclic amines) is 1. The Balaban J connectivity index is 1.57. The van der Waals surface area contributed by atoms with Gasteiger partial charge < -0.3 is 4.90 Å². The first kappa shape index (κ1) is 15.0. The predicted octanol–water partition coefficient (Wildman–Crippen LogP) is 1.94. The molecule has 0 spiro atoms. The lowest BCUT2D eigenvalue weighted by atomic mass is 9.94. The number of Topliss-reactive ketones (excluding diaryl/α,β-unsaturated/α-hetero) is 1. The molecule has 0 saturated carbocycles. The SMILES string of the molecule is CC(=O)N1CC(C(=O)c2nc3n(n2)C(c2ccccc2)CC3F)C1. The van der Waals surface area contributed by atoms with Crippen LogP contribution >= 0.6 is 0 Å². The van der Waals surface area contributed by atoms with Crippen LogP contribution in [0.3, 0.4) is 0 Å². The van der Waals surface area contributed by atoms with Crippen molar-refractivity contribution in [1.82, 2.24) is 19.7 Å². The second kappa shape index (κ2) is 5.51. The van der Waals surface area contributed by atoms with Crippen LogP contribution in [0, 0.1) is 5.92 Å². The molecule has 2 aliphatic heterocycles. The zero-order valence-electron chi connectivity index (χ0n) is 13.2. The first-order valence-electron chi connectivity index (χ1n) is 7.99. The van der Waals surface area contributed by atoms with E-state index < -0.39 is 6.17 Å². The van der Waals surface area contributed by atoms with Crippen molar-refractivity contribution in [2.75, 3.05) is 13.1 Å². The number of carbonyl (C=O) groups excluding carboxylic acids is 2.